The van der Waals surface area contributed by atoms with Crippen molar-refractivity contribution in [2.75, 3.05) is 75.4 Å². The van der Waals surface area contributed by atoms with E-state index in [2.05, 4.69) is 42.3 Å². The van der Waals surface area contributed by atoms with Crippen molar-refractivity contribution >= 4 is 87.1 Å². The number of thiazole rings is 1. The molecule has 3 heterocycles. The van der Waals surface area contributed by atoms with Gasteiger partial charge in [-0.15, -0.1) is 11.3 Å². The zero-order valence-electron chi connectivity index (χ0n) is 70.3. The van der Waals surface area contributed by atoms with E-state index in [1.54, 1.807) is 75.2 Å². The Kier molecular flexibility index (Phi) is 39.7. The first-order chi connectivity index (χ1) is 54.8. The van der Waals surface area contributed by atoms with Gasteiger partial charge in [0.05, 0.1) is 81.1 Å². The highest BCUT2D eigenvalue weighted by Crippen LogP contribution is 2.32. The van der Waals surface area contributed by atoms with Crippen molar-refractivity contribution in [3.05, 3.63) is 124 Å². The molecule has 28 nitrogen and oxygen atoms in total. The summed E-state index contributed by atoms with van der Waals surface area (Å²) in [5, 5.41) is 26.8. The SMILES string of the molecule is CC[C@H](C)[C@@H]([C@@H](CC(=O)N1CCC[C@H]1[C@H](OC)[C@@H](C)C(=O)N[C@@H](Cc1ccccc1)c1nccs1)OC)N(C)C(=O)[C@@H](NC(=O)[C@H](C(C)C)N(C)C(=O)OCc1ccc(CC(=O)[C@H](C)NC(=O)[C@@H](CC(=O)CCOCCOCCCC(=O)[C@H](CCC(=O)O)NC(=O)CCn2c(CN(C)NC)cc3ccccc32)C(C)C)cc1)C(C)C. The van der Waals surface area contributed by atoms with Gasteiger partial charge in [-0.05, 0) is 104 Å². The van der Waals surface area contributed by atoms with Gasteiger partial charge in [0.15, 0.2) is 11.6 Å². The number of ketones is 3. The van der Waals surface area contributed by atoms with E-state index >= 15 is 0 Å². The highest BCUT2D eigenvalue weighted by molar-refractivity contribution is 7.09. The standard InChI is InChI=1S/C86H127N11O17S/c1-17-57(8)79(73(110-15)51-75(102)97-40-23-29-70(97)80(111-16)58(9)81(105)91-68(84-88-39-46-115-84)47-60-25-19-18-20-26-60)94(13)85(108)77(55(4)5)92-83(107)78(56(6)7)95(14)86(109)114-53-62-33-31-61(32-34-62)48-72(100)59(10)89-82(106)66(54(2)3)50-65(98)38-43-113-45-44-112-42-24-30-71(99)67(35-36-76(103)104)90-74(101)37-41-96-64(52-93(12)87-11)49-63-27-21-22-28-69(63)96/h18-22,25-28,31-34,39,46,49,54-59,66-68,70,73,77-80,87H,17,23-24,29-30,35-38,40-45,47-48,50-53H2,1-16H3,(H,89,106)(H,90,101)(H,91,105)(H,92,107)(H,103,104)/t57-,58+,59-,66-,67-,68-,70-,73+,77-,78-,79-,80+/m0/s1. The first-order valence-electron chi connectivity index (χ1n) is 40.5. The minimum atomic E-state index is -1.08. The number of nitrogens with zero attached hydrogens (tertiary/aromatic N) is 6. The average molecular weight is 1620 g/mol. The lowest BCUT2D eigenvalue weighted by molar-refractivity contribution is -0.148. The number of hydrazine groups is 1. The molecule has 0 aliphatic carbocycles. The number of likely N-dealkylation sites (tertiary alicyclic amines) is 1. The molecule has 0 spiro atoms. The quantitative estimate of drug-likeness (QED) is 0.0156. The van der Waals surface area contributed by atoms with Crippen LogP contribution in [0.5, 0.6) is 0 Å². The van der Waals surface area contributed by atoms with Crippen LogP contribution in [0.2, 0.25) is 0 Å². The molecule has 1 aliphatic heterocycles. The third-order valence-electron chi connectivity index (χ3n) is 21.9. The number of hydrogen-bond acceptors (Lipinski definition) is 20. The second kappa shape index (κ2) is 48.0. The molecule has 1 fully saturated rings. The Morgan fingerprint density at radius 2 is 1.37 bits per heavy atom. The predicted molar refractivity (Wildman–Crippen MR) is 440 cm³/mol. The van der Waals surface area contributed by atoms with Gasteiger partial charge in [-0.2, -0.15) is 0 Å². The number of amides is 7. The van der Waals surface area contributed by atoms with Crippen LogP contribution in [-0.2, 0) is 104 Å². The molecule has 29 heteroatoms. The molecule has 0 saturated carbocycles. The van der Waals surface area contributed by atoms with Crippen LogP contribution in [0.15, 0.2) is 96.5 Å². The molecule has 0 radical (unpaired) electrons. The summed E-state index contributed by atoms with van der Waals surface area (Å²) >= 11 is 1.47. The van der Waals surface area contributed by atoms with Crippen molar-refractivity contribution < 1.29 is 81.5 Å². The summed E-state index contributed by atoms with van der Waals surface area (Å²) in [5.74, 6) is -6.57. The summed E-state index contributed by atoms with van der Waals surface area (Å²) in [6.07, 6.45) is 2.08. The molecular weight excluding hydrogens is 1490 g/mol. The third kappa shape index (κ3) is 29.1. The van der Waals surface area contributed by atoms with Gasteiger partial charge >= 0.3 is 12.1 Å². The molecule has 0 bridgehead atoms. The van der Waals surface area contributed by atoms with Crippen molar-refractivity contribution in [1.29, 1.82) is 0 Å². The molecular formula is C86H127N11O17S. The Morgan fingerprint density at radius 1 is 0.687 bits per heavy atom. The van der Waals surface area contributed by atoms with Gasteiger partial charge in [-0.25, -0.2) is 14.8 Å². The van der Waals surface area contributed by atoms with Crippen LogP contribution in [0.3, 0.4) is 0 Å². The van der Waals surface area contributed by atoms with Gasteiger partial charge in [-0.3, -0.25) is 58.3 Å². The van der Waals surface area contributed by atoms with E-state index in [0.29, 0.717) is 62.9 Å². The van der Waals surface area contributed by atoms with Crippen molar-refractivity contribution in [2.45, 2.75) is 227 Å². The lowest BCUT2D eigenvalue weighted by atomic mass is 9.88. The number of ether oxygens (including phenoxy) is 5. The van der Waals surface area contributed by atoms with E-state index in [-0.39, 0.29) is 137 Å². The molecule has 6 N–H and O–H groups in total. The highest BCUT2D eigenvalue weighted by atomic mass is 32.1. The number of carboxylic acid groups (broad SMARTS) is 1. The summed E-state index contributed by atoms with van der Waals surface area (Å²) in [6, 6.07) is 21.4. The summed E-state index contributed by atoms with van der Waals surface area (Å²) in [4.78, 5) is 159. The number of likely N-dealkylation sites (N-methyl/N-ethyl adjacent to an activating group) is 2. The molecule has 12 atom stereocenters. The lowest BCUT2D eigenvalue weighted by Crippen LogP contribution is -2.60. The normalized spacial score (nSPS) is 15.9. The smallest absolute Gasteiger partial charge is 0.410 e. The number of rotatable bonds is 52. The Morgan fingerprint density at radius 3 is 1.99 bits per heavy atom. The number of aromatic nitrogens is 2. The summed E-state index contributed by atoms with van der Waals surface area (Å²) in [5.41, 5.74) is 7.36. The van der Waals surface area contributed by atoms with Crippen molar-refractivity contribution in [3.8, 4) is 0 Å². The van der Waals surface area contributed by atoms with Gasteiger partial charge in [0, 0.05) is 122 Å². The number of Topliss-reactive ketones (excluding diaryl/α,β-unsaturated/α-hetero) is 3. The molecule has 5 aromatic rings. The van der Waals surface area contributed by atoms with Crippen molar-refractivity contribution in [2.24, 2.45) is 35.5 Å². The fourth-order valence-corrected chi connectivity index (χ4v) is 15.6. The Bertz CT molecular complexity index is 3930. The Hall–Kier alpha value is -8.84. The topological polar surface area (TPSA) is 345 Å². The zero-order chi connectivity index (χ0) is 84.6. The molecule has 7 amide bonds. The highest BCUT2D eigenvalue weighted by Gasteiger charge is 2.44. The van der Waals surface area contributed by atoms with E-state index in [1.807, 2.05) is 128 Å². The van der Waals surface area contributed by atoms with Gasteiger partial charge in [0.2, 0.25) is 35.4 Å². The molecule has 1 saturated heterocycles. The maximum Gasteiger partial charge on any atom is 0.410 e. The minimum absolute atomic E-state index is 0.0222. The molecule has 0 unspecified atom stereocenters. The van der Waals surface area contributed by atoms with Crippen LogP contribution < -0.4 is 26.7 Å². The molecule has 3 aromatic carbocycles. The number of benzene rings is 3. The number of nitrogens with one attached hydrogen (secondary N) is 5. The monoisotopic (exact) mass is 1620 g/mol. The summed E-state index contributed by atoms with van der Waals surface area (Å²) in [6.45, 7) is 20.1. The van der Waals surface area contributed by atoms with Gasteiger partial charge in [-0.1, -0.05) is 142 Å². The summed E-state index contributed by atoms with van der Waals surface area (Å²) < 4.78 is 31.4. The van der Waals surface area contributed by atoms with Gasteiger partial charge in [0.25, 0.3) is 0 Å². The first kappa shape index (κ1) is 95.0. The summed E-state index contributed by atoms with van der Waals surface area (Å²) in [7, 11) is 9.94. The number of aliphatic carboxylic acids is 1. The van der Waals surface area contributed by atoms with Crippen LogP contribution >= 0.6 is 11.3 Å². The first-order valence-corrected chi connectivity index (χ1v) is 41.3. The Labute approximate surface area is 682 Å². The number of carboxylic acids is 1. The van der Waals surface area contributed by atoms with Crippen LogP contribution in [0, 0.1) is 35.5 Å². The third-order valence-corrected chi connectivity index (χ3v) is 22.7. The average Bonchev–Trinajstić information content (AvgIpc) is 1.75. The molecule has 2 aromatic heterocycles. The number of carbonyl (C=O) groups excluding carboxylic acids is 10. The van der Waals surface area contributed by atoms with E-state index < -0.39 is 102 Å². The molecule has 6 rings (SSSR count). The maximum atomic E-state index is 14.9. The number of hydrogen-bond donors (Lipinski definition) is 6. The second-order valence-electron chi connectivity index (χ2n) is 31.4. The number of fused-ring (bicyclic) bond motifs is 1. The van der Waals surface area contributed by atoms with E-state index in [9.17, 15) is 57.8 Å². The van der Waals surface area contributed by atoms with Gasteiger partial charge < -0.3 is 64.4 Å². The Balaban J connectivity index is 0.913. The van der Waals surface area contributed by atoms with Crippen LogP contribution in [0.1, 0.15) is 173 Å². The number of aryl methyl sites for hydroxylation is 1. The van der Waals surface area contributed by atoms with E-state index in [0.717, 1.165) is 27.2 Å². The van der Waals surface area contributed by atoms with Crippen LogP contribution in [-0.4, -0.2) is 223 Å². The number of methoxy groups -OCH3 is 2. The number of carbonyl (C=O) groups is 11. The van der Waals surface area contributed by atoms with Crippen LogP contribution in [0.25, 0.3) is 10.9 Å². The van der Waals surface area contributed by atoms with E-state index in [1.165, 1.54) is 30.4 Å². The van der Waals surface area contributed by atoms with Crippen LogP contribution in [0.4, 0.5) is 4.79 Å². The number of para-hydroxylation sites is 1. The fourth-order valence-electron chi connectivity index (χ4n) is 14.9. The van der Waals surface area contributed by atoms with Gasteiger partial charge in [0.1, 0.15) is 29.5 Å². The molecule has 634 valence electrons. The predicted octanol–water partition coefficient (Wildman–Crippen LogP) is 9.48. The fraction of sp³-hybridized carbons (Fsp3) is 0.605. The molecule has 115 heavy (non-hydrogen) atoms. The maximum absolute atomic E-state index is 14.9. The lowest BCUT2D eigenvalue weighted by Gasteiger charge is -2.41. The zero-order valence-corrected chi connectivity index (χ0v) is 71.1. The largest absolute Gasteiger partial charge is 0.481 e. The van der Waals surface area contributed by atoms with Crippen molar-refractivity contribution in [1.82, 2.24) is 56.0 Å². The minimum Gasteiger partial charge on any atom is -0.481 e. The van der Waals surface area contributed by atoms with Crippen molar-refractivity contribution in [3.63, 3.8) is 0 Å². The molecule has 1 aliphatic rings. The second-order valence-corrected chi connectivity index (χ2v) is 32.3. The van der Waals surface area contributed by atoms with E-state index in [4.69, 9.17) is 23.7 Å².